The van der Waals surface area contributed by atoms with Crippen molar-refractivity contribution in [1.29, 1.82) is 0 Å². The number of hydrogen-bond donors (Lipinski definition) is 3. The summed E-state index contributed by atoms with van der Waals surface area (Å²) in [5.41, 5.74) is 5.80. The van der Waals surface area contributed by atoms with Gasteiger partial charge in [-0.15, -0.1) is 0 Å². The molecule has 4 unspecified atom stereocenters. The third-order valence-electron chi connectivity index (χ3n) is 3.92. The Morgan fingerprint density at radius 1 is 1.12 bits per heavy atom. The van der Waals surface area contributed by atoms with Crippen LogP contribution in [0.5, 0.6) is 0 Å². The van der Waals surface area contributed by atoms with E-state index in [0.29, 0.717) is 12.2 Å². The molecule has 0 aromatic carbocycles. The highest BCUT2D eigenvalue weighted by molar-refractivity contribution is 7.84. The van der Waals surface area contributed by atoms with E-state index < -0.39 is 40.7 Å². The van der Waals surface area contributed by atoms with Crippen LogP contribution in [0.4, 0.5) is 0 Å². The lowest BCUT2D eigenvalue weighted by atomic mass is 9.87. The van der Waals surface area contributed by atoms with Crippen LogP contribution in [0.3, 0.4) is 0 Å². The van der Waals surface area contributed by atoms with Gasteiger partial charge < -0.3 is 16.2 Å². The molecule has 0 aromatic rings. The van der Waals surface area contributed by atoms with Gasteiger partial charge in [0.05, 0.1) is 6.04 Å². The highest BCUT2D eigenvalue weighted by atomic mass is 32.2. The fourth-order valence-corrected chi connectivity index (χ4v) is 2.81. The number of aliphatic carboxylic acids is 1. The fourth-order valence-electron chi connectivity index (χ4n) is 2.23. The normalized spacial score (nSPS) is 16.5. The molecule has 0 heterocycles. The van der Waals surface area contributed by atoms with Crippen LogP contribution >= 0.6 is 0 Å². The Hall–Kier alpha value is -1.28. The largest absolute Gasteiger partial charge is 0.480 e. The molecule has 0 aromatic heterocycles. The number of nitrogens with one attached hydrogen (secondary N) is 1. The number of nitrogens with two attached hydrogens (primary N) is 1. The Labute approximate surface area is 146 Å². The van der Waals surface area contributed by atoms with Crippen LogP contribution in [-0.2, 0) is 25.2 Å². The van der Waals surface area contributed by atoms with Crippen molar-refractivity contribution in [2.75, 3.05) is 12.0 Å². The van der Waals surface area contributed by atoms with Crippen molar-refractivity contribution in [1.82, 2.24) is 5.32 Å². The zero-order valence-corrected chi connectivity index (χ0v) is 15.9. The zero-order valence-electron chi connectivity index (χ0n) is 15.1. The van der Waals surface area contributed by atoms with Gasteiger partial charge in [-0.3, -0.25) is 13.8 Å². The lowest BCUT2D eigenvalue weighted by molar-refractivity contribution is -0.144. The van der Waals surface area contributed by atoms with Crippen molar-refractivity contribution in [3.05, 3.63) is 0 Å². The quantitative estimate of drug-likeness (QED) is 0.492. The summed E-state index contributed by atoms with van der Waals surface area (Å²) in [7, 11) is -1.03. The summed E-state index contributed by atoms with van der Waals surface area (Å²) in [6, 6.07) is -1.76. The van der Waals surface area contributed by atoms with Crippen LogP contribution in [-0.4, -0.2) is 51.1 Å². The number of Topliss-reactive ketones (excluding diaryl/α,β-unsaturated/α-hetero) is 1. The predicted octanol–water partition coefficient (Wildman–Crippen LogP) is 0.539. The van der Waals surface area contributed by atoms with Crippen molar-refractivity contribution >= 4 is 28.5 Å². The number of hydrogen-bond acceptors (Lipinski definition) is 5. The molecule has 4 N–H and O–H groups in total. The average Bonchev–Trinajstić information content (AvgIpc) is 2.45. The van der Waals surface area contributed by atoms with Crippen molar-refractivity contribution in [2.24, 2.45) is 23.5 Å². The molecule has 0 aliphatic heterocycles. The molecule has 7 nitrogen and oxygen atoms in total. The first kappa shape index (κ1) is 22.7. The summed E-state index contributed by atoms with van der Waals surface area (Å²) < 4.78 is 11.1. The monoisotopic (exact) mass is 362 g/mol. The molecule has 140 valence electrons. The summed E-state index contributed by atoms with van der Waals surface area (Å²) in [6.07, 6.45) is 1.79. The molecule has 0 saturated heterocycles. The lowest BCUT2D eigenvalue weighted by Gasteiger charge is -2.25. The van der Waals surface area contributed by atoms with Crippen LogP contribution in [0, 0.1) is 17.8 Å². The number of carboxylic acids is 1. The number of ketones is 1. The molecular formula is C16H30N2O5S. The lowest BCUT2D eigenvalue weighted by Crippen LogP contribution is -2.48. The number of carbonyl (C=O) groups is 3. The molecule has 0 spiro atoms. The molecule has 0 rings (SSSR count). The van der Waals surface area contributed by atoms with E-state index in [4.69, 9.17) is 5.73 Å². The van der Waals surface area contributed by atoms with Gasteiger partial charge >= 0.3 is 5.97 Å². The second-order valence-electron chi connectivity index (χ2n) is 6.76. The number of rotatable bonds is 11. The van der Waals surface area contributed by atoms with E-state index in [1.165, 1.54) is 0 Å². The van der Waals surface area contributed by atoms with Gasteiger partial charge in [0.2, 0.25) is 5.91 Å². The van der Waals surface area contributed by atoms with E-state index >= 15 is 0 Å². The minimum atomic E-state index is -1.10. The predicted molar refractivity (Wildman–Crippen MR) is 93.9 cm³/mol. The summed E-state index contributed by atoms with van der Waals surface area (Å²) in [5.74, 6) is -2.54. The first-order valence-corrected chi connectivity index (χ1v) is 9.81. The summed E-state index contributed by atoms with van der Waals surface area (Å²) in [5, 5.41) is 11.7. The first-order chi connectivity index (χ1) is 11.0. The number of carboxylic acid groups (broad SMARTS) is 1. The number of carbonyl (C=O) groups excluding carboxylic acids is 2. The third-order valence-corrected chi connectivity index (χ3v) is 4.73. The van der Waals surface area contributed by atoms with E-state index in [1.54, 1.807) is 34.0 Å². The van der Waals surface area contributed by atoms with Crippen LogP contribution in [0.15, 0.2) is 0 Å². The van der Waals surface area contributed by atoms with Crippen LogP contribution in [0.25, 0.3) is 0 Å². The molecule has 0 aliphatic rings. The molecule has 0 saturated carbocycles. The molecule has 1 amide bonds. The maximum atomic E-state index is 12.4. The van der Waals surface area contributed by atoms with E-state index in [1.807, 2.05) is 0 Å². The second-order valence-corrected chi connectivity index (χ2v) is 8.32. The zero-order chi connectivity index (χ0) is 19.0. The minimum absolute atomic E-state index is 0.0501. The van der Waals surface area contributed by atoms with Gasteiger partial charge in [-0.25, -0.2) is 4.79 Å². The van der Waals surface area contributed by atoms with Crippen molar-refractivity contribution in [2.45, 2.75) is 52.6 Å². The van der Waals surface area contributed by atoms with Gasteiger partial charge in [0, 0.05) is 35.1 Å². The summed E-state index contributed by atoms with van der Waals surface area (Å²) in [4.78, 5) is 35.8. The van der Waals surface area contributed by atoms with E-state index in [0.717, 1.165) is 0 Å². The Morgan fingerprint density at radius 2 is 1.67 bits per heavy atom. The average molecular weight is 362 g/mol. The molecular weight excluding hydrogens is 332 g/mol. The minimum Gasteiger partial charge on any atom is -0.480 e. The molecule has 0 bridgehead atoms. The highest BCUT2D eigenvalue weighted by Gasteiger charge is 2.31. The Morgan fingerprint density at radius 3 is 2.04 bits per heavy atom. The first-order valence-electron chi connectivity index (χ1n) is 8.08. The van der Waals surface area contributed by atoms with Gasteiger partial charge in [-0.1, -0.05) is 27.7 Å². The molecule has 0 radical (unpaired) electrons. The maximum Gasteiger partial charge on any atom is 0.326 e. The molecule has 4 atom stereocenters. The SMILES string of the molecule is CC(C)C(CC(=O)C(N)CCS(C)=O)C(=O)NC(C(=O)O)C(C)C. The topological polar surface area (TPSA) is 127 Å². The van der Waals surface area contributed by atoms with Crippen molar-refractivity contribution in [3.8, 4) is 0 Å². The molecule has 0 fully saturated rings. The molecule has 24 heavy (non-hydrogen) atoms. The number of amides is 1. The standard InChI is InChI=1S/C16H30N2O5S/c1-9(2)11(8-13(19)12(17)6-7-24(5)23)15(20)18-14(10(3)4)16(21)22/h9-12,14H,6-8,17H2,1-5H3,(H,18,20)(H,21,22). The molecule has 8 heteroatoms. The third kappa shape index (κ3) is 8.01. The fraction of sp³-hybridized carbons (Fsp3) is 0.812. The van der Waals surface area contributed by atoms with Gasteiger partial charge in [0.25, 0.3) is 0 Å². The van der Waals surface area contributed by atoms with E-state index in [2.05, 4.69) is 5.32 Å². The van der Waals surface area contributed by atoms with Gasteiger partial charge in [0.15, 0.2) is 0 Å². The van der Waals surface area contributed by atoms with E-state index in [-0.39, 0.29) is 24.0 Å². The van der Waals surface area contributed by atoms with Crippen LogP contribution in [0.2, 0.25) is 0 Å². The summed E-state index contributed by atoms with van der Waals surface area (Å²) >= 11 is 0. The Kier molecular flexibility index (Phi) is 9.99. The Bertz CT molecular complexity index is 479. The van der Waals surface area contributed by atoms with Crippen LogP contribution in [0.1, 0.15) is 40.5 Å². The maximum absolute atomic E-state index is 12.4. The van der Waals surface area contributed by atoms with Gasteiger partial charge in [-0.05, 0) is 18.3 Å². The highest BCUT2D eigenvalue weighted by Crippen LogP contribution is 2.18. The van der Waals surface area contributed by atoms with E-state index in [9.17, 15) is 23.7 Å². The smallest absolute Gasteiger partial charge is 0.326 e. The van der Waals surface area contributed by atoms with Gasteiger partial charge in [0.1, 0.15) is 11.8 Å². The van der Waals surface area contributed by atoms with Crippen molar-refractivity contribution in [3.63, 3.8) is 0 Å². The van der Waals surface area contributed by atoms with Crippen LogP contribution < -0.4 is 11.1 Å². The molecule has 0 aliphatic carbocycles. The van der Waals surface area contributed by atoms with Gasteiger partial charge in [-0.2, -0.15) is 0 Å². The summed E-state index contributed by atoms with van der Waals surface area (Å²) in [6.45, 7) is 7.01. The van der Waals surface area contributed by atoms with Crippen molar-refractivity contribution < 1.29 is 23.7 Å². The Balaban J connectivity index is 4.90. The second kappa shape index (κ2) is 10.6.